The predicted octanol–water partition coefficient (Wildman–Crippen LogP) is 1.61. The Morgan fingerprint density at radius 3 is 2.64 bits per heavy atom. The van der Waals surface area contributed by atoms with Gasteiger partial charge in [-0.15, -0.1) is 0 Å². The van der Waals surface area contributed by atoms with E-state index in [1.54, 1.807) is 36.5 Å². The van der Waals surface area contributed by atoms with Gasteiger partial charge in [-0.1, -0.05) is 24.3 Å². The van der Waals surface area contributed by atoms with Gasteiger partial charge >= 0.3 is 5.97 Å². The van der Waals surface area contributed by atoms with E-state index in [9.17, 15) is 14.4 Å². The fourth-order valence-electron chi connectivity index (χ4n) is 2.99. The summed E-state index contributed by atoms with van der Waals surface area (Å²) in [6.07, 6.45) is 1.70. The van der Waals surface area contributed by atoms with Crippen molar-refractivity contribution in [2.24, 2.45) is 7.05 Å². The lowest BCUT2D eigenvalue weighted by Gasteiger charge is -2.09. The van der Waals surface area contributed by atoms with Gasteiger partial charge in [-0.05, 0) is 24.6 Å². The number of ether oxygens (including phenoxy) is 1. The second kappa shape index (κ2) is 6.73. The van der Waals surface area contributed by atoms with Crippen LogP contribution >= 0.6 is 0 Å². The van der Waals surface area contributed by atoms with E-state index >= 15 is 0 Å². The molecule has 3 heterocycles. The van der Waals surface area contributed by atoms with Gasteiger partial charge in [-0.2, -0.15) is 5.10 Å². The van der Waals surface area contributed by atoms with Crippen molar-refractivity contribution in [1.29, 1.82) is 0 Å². The Morgan fingerprint density at radius 2 is 1.86 bits per heavy atom. The summed E-state index contributed by atoms with van der Waals surface area (Å²) in [5.74, 6) is -0.697. The summed E-state index contributed by atoms with van der Waals surface area (Å²) >= 11 is 0. The minimum Gasteiger partial charge on any atom is -0.454 e. The van der Waals surface area contributed by atoms with Crippen molar-refractivity contribution in [3.63, 3.8) is 0 Å². The van der Waals surface area contributed by atoms with Crippen molar-refractivity contribution in [3.8, 4) is 0 Å². The van der Waals surface area contributed by atoms with Crippen LogP contribution in [0.2, 0.25) is 0 Å². The minimum absolute atomic E-state index is 0.0332. The first-order chi connectivity index (χ1) is 13.4. The number of esters is 1. The highest BCUT2D eigenvalue weighted by Crippen LogP contribution is 2.14. The quantitative estimate of drug-likeness (QED) is 0.504. The monoisotopic (exact) mass is 376 g/mol. The van der Waals surface area contributed by atoms with Gasteiger partial charge < -0.3 is 4.74 Å². The minimum atomic E-state index is -0.697. The summed E-state index contributed by atoms with van der Waals surface area (Å²) in [6, 6.07) is 11.6. The van der Waals surface area contributed by atoms with Crippen LogP contribution < -0.4 is 11.1 Å². The number of aromatic nitrogens is 4. The highest BCUT2D eigenvalue weighted by Gasteiger charge is 2.17. The number of hydrogen-bond donors (Lipinski definition) is 0. The number of hydrogen-bond acceptors (Lipinski definition) is 6. The van der Waals surface area contributed by atoms with E-state index in [2.05, 4.69) is 10.1 Å². The van der Waals surface area contributed by atoms with Crippen molar-refractivity contribution in [2.45, 2.75) is 13.5 Å². The van der Waals surface area contributed by atoms with Crippen LogP contribution in [0.4, 0.5) is 0 Å². The SMILES string of the molecule is Cc1ccc2nc(COC(=O)c3nn(C)c(=O)c4ccccc34)cc(=O)n2c1. The van der Waals surface area contributed by atoms with Crippen LogP contribution in [0.5, 0.6) is 0 Å². The molecule has 140 valence electrons. The number of carbonyl (C=O) groups is 1. The zero-order valence-corrected chi connectivity index (χ0v) is 15.2. The first-order valence-electron chi connectivity index (χ1n) is 8.56. The first kappa shape index (κ1) is 17.6. The molecule has 0 amide bonds. The van der Waals surface area contributed by atoms with Crippen LogP contribution in [0.3, 0.4) is 0 Å². The molecule has 1 aromatic carbocycles. The molecule has 0 aliphatic heterocycles. The van der Waals surface area contributed by atoms with Crippen LogP contribution in [0.25, 0.3) is 16.4 Å². The van der Waals surface area contributed by atoms with E-state index in [0.717, 1.165) is 10.2 Å². The Kier molecular flexibility index (Phi) is 4.23. The Balaban J connectivity index is 1.65. The molecule has 0 saturated heterocycles. The Morgan fingerprint density at radius 1 is 1.11 bits per heavy atom. The lowest BCUT2D eigenvalue weighted by Crippen LogP contribution is -2.24. The second-order valence-electron chi connectivity index (χ2n) is 6.42. The molecular formula is C20H16N4O4. The molecule has 4 aromatic rings. The number of pyridine rings is 1. The van der Waals surface area contributed by atoms with E-state index in [4.69, 9.17) is 4.74 Å². The van der Waals surface area contributed by atoms with Gasteiger partial charge in [0.15, 0.2) is 5.69 Å². The third kappa shape index (κ3) is 3.05. The summed E-state index contributed by atoms with van der Waals surface area (Å²) in [5, 5.41) is 4.83. The fraction of sp³-hybridized carbons (Fsp3) is 0.150. The molecule has 3 aromatic heterocycles. The summed E-state index contributed by atoms with van der Waals surface area (Å²) in [7, 11) is 1.47. The average Bonchev–Trinajstić information content (AvgIpc) is 2.69. The Hall–Kier alpha value is -3.81. The second-order valence-corrected chi connectivity index (χ2v) is 6.42. The average molecular weight is 376 g/mol. The topological polar surface area (TPSA) is 95.6 Å². The highest BCUT2D eigenvalue weighted by atomic mass is 16.5. The number of benzene rings is 1. The van der Waals surface area contributed by atoms with Gasteiger partial charge in [-0.25, -0.2) is 14.5 Å². The summed E-state index contributed by atoms with van der Waals surface area (Å²) < 4.78 is 7.85. The molecule has 0 spiro atoms. The van der Waals surface area contributed by atoms with Gasteiger partial charge in [0.25, 0.3) is 11.1 Å². The molecule has 0 bridgehead atoms. The molecule has 8 heteroatoms. The smallest absolute Gasteiger partial charge is 0.359 e. The van der Waals surface area contributed by atoms with Gasteiger partial charge in [0.1, 0.15) is 12.3 Å². The fourth-order valence-corrected chi connectivity index (χ4v) is 2.99. The van der Waals surface area contributed by atoms with Crippen molar-refractivity contribution in [3.05, 3.63) is 86.3 Å². The largest absolute Gasteiger partial charge is 0.454 e. The standard InChI is InChI=1S/C20H16N4O4/c1-12-7-8-16-21-13(9-17(25)24(16)10-12)11-28-20(27)18-14-5-3-4-6-15(14)19(26)23(2)22-18/h3-10H,11H2,1-2H3. The van der Waals surface area contributed by atoms with Gasteiger partial charge in [0, 0.05) is 24.7 Å². The molecule has 0 aliphatic rings. The van der Waals surface area contributed by atoms with E-state index in [-0.39, 0.29) is 23.4 Å². The molecule has 0 aliphatic carbocycles. The van der Waals surface area contributed by atoms with Crippen molar-refractivity contribution in [2.75, 3.05) is 0 Å². The molecule has 0 saturated carbocycles. The number of carbonyl (C=O) groups excluding carboxylic acids is 1. The van der Waals surface area contributed by atoms with E-state index in [0.29, 0.717) is 22.1 Å². The summed E-state index contributed by atoms with van der Waals surface area (Å²) in [6.45, 7) is 1.70. The van der Waals surface area contributed by atoms with Crippen LogP contribution in [0, 0.1) is 6.92 Å². The lowest BCUT2D eigenvalue weighted by molar-refractivity contribution is 0.0460. The molecule has 28 heavy (non-hydrogen) atoms. The predicted molar refractivity (Wildman–Crippen MR) is 102 cm³/mol. The van der Waals surface area contributed by atoms with Crippen molar-refractivity contribution < 1.29 is 9.53 Å². The zero-order valence-electron chi connectivity index (χ0n) is 15.2. The molecule has 0 radical (unpaired) electrons. The number of aryl methyl sites for hydroxylation is 2. The highest BCUT2D eigenvalue weighted by molar-refractivity contribution is 6.02. The summed E-state index contributed by atoms with van der Waals surface area (Å²) in [4.78, 5) is 41.3. The third-order valence-electron chi connectivity index (χ3n) is 4.36. The van der Waals surface area contributed by atoms with E-state index < -0.39 is 5.97 Å². The van der Waals surface area contributed by atoms with Gasteiger partial charge in [-0.3, -0.25) is 14.0 Å². The molecule has 0 unspecified atom stereocenters. The maximum Gasteiger partial charge on any atom is 0.359 e. The normalized spacial score (nSPS) is 11.1. The Labute approximate surface area is 158 Å². The first-order valence-corrected chi connectivity index (χ1v) is 8.56. The maximum absolute atomic E-state index is 12.6. The lowest BCUT2D eigenvalue weighted by atomic mass is 10.1. The maximum atomic E-state index is 12.6. The molecule has 8 nitrogen and oxygen atoms in total. The molecule has 0 atom stereocenters. The van der Waals surface area contributed by atoms with Crippen LogP contribution in [0.1, 0.15) is 21.7 Å². The van der Waals surface area contributed by atoms with Crippen molar-refractivity contribution >= 4 is 22.4 Å². The number of rotatable bonds is 3. The molecule has 0 N–H and O–H groups in total. The zero-order chi connectivity index (χ0) is 19.8. The van der Waals surface area contributed by atoms with E-state index in [1.807, 2.05) is 13.0 Å². The van der Waals surface area contributed by atoms with Gasteiger partial charge in [0.2, 0.25) is 0 Å². The molecule has 0 fully saturated rings. The molecular weight excluding hydrogens is 360 g/mol. The van der Waals surface area contributed by atoms with Crippen LogP contribution in [-0.2, 0) is 18.4 Å². The number of fused-ring (bicyclic) bond motifs is 2. The third-order valence-corrected chi connectivity index (χ3v) is 4.36. The van der Waals surface area contributed by atoms with E-state index in [1.165, 1.54) is 17.5 Å². The molecule has 4 rings (SSSR count). The Bertz CT molecular complexity index is 1350. The van der Waals surface area contributed by atoms with Crippen molar-refractivity contribution in [1.82, 2.24) is 19.2 Å². The summed E-state index contributed by atoms with van der Waals surface area (Å²) in [5.41, 5.74) is 1.21. The van der Waals surface area contributed by atoms with Crippen LogP contribution in [0.15, 0.2) is 58.3 Å². The van der Waals surface area contributed by atoms with Gasteiger partial charge in [0.05, 0.1) is 11.1 Å². The number of nitrogens with zero attached hydrogens (tertiary/aromatic N) is 4. The van der Waals surface area contributed by atoms with Crippen LogP contribution in [-0.4, -0.2) is 25.1 Å².